The van der Waals surface area contributed by atoms with Crippen molar-refractivity contribution < 1.29 is 45.1 Å². The van der Waals surface area contributed by atoms with E-state index in [9.17, 15) is 40.3 Å². The van der Waals surface area contributed by atoms with Gasteiger partial charge in [-0.1, -0.05) is 32.4 Å². The molecule has 1 heterocycles. The summed E-state index contributed by atoms with van der Waals surface area (Å²) in [6.45, 7) is 4.05. The molecular formula is C31H27F7N2O3S. The fourth-order valence-electron chi connectivity index (χ4n) is 4.86. The van der Waals surface area contributed by atoms with E-state index in [-0.39, 0.29) is 37.9 Å². The highest BCUT2D eigenvalue weighted by Gasteiger charge is 2.35. The molecule has 4 rings (SSSR count). The van der Waals surface area contributed by atoms with Crippen molar-refractivity contribution in [1.82, 2.24) is 0 Å². The molecule has 0 spiro atoms. The van der Waals surface area contributed by atoms with Gasteiger partial charge < -0.3 is 15.4 Å². The first-order valence-electron chi connectivity index (χ1n) is 13.5. The molecule has 3 aromatic carbocycles. The van der Waals surface area contributed by atoms with Crippen molar-refractivity contribution in [1.29, 1.82) is 0 Å². The lowest BCUT2D eigenvalue weighted by Crippen LogP contribution is -2.18. The summed E-state index contributed by atoms with van der Waals surface area (Å²) < 4.78 is 99.2. The molecule has 2 N–H and O–H groups in total. The van der Waals surface area contributed by atoms with Crippen LogP contribution in [0.3, 0.4) is 0 Å². The van der Waals surface area contributed by atoms with Crippen LogP contribution in [-0.2, 0) is 12.4 Å². The standard InChI is InChI=1S/C31H27F7N2O3S/c1-4-6-16(5-2)17-7-12-24(43-3)21(13-17)28(41)40-26-20-10-8-18(30(33,34)35)14-25(20)44-27(26)29(42)39-19-9-11-23(32)22(15-19)31(36,37)38/h7-16H,4-6H2,1-3H3,(H,39,42)(H,40,41). The Morgan fingerprint density at radius 2 is 1.61 bits per heavy atom. The van der Waals surface area contributed by atoms with E-state index in [2.05, 4.69) is 10.6 Å². The number of rotatable bonds is 9. The van der Waals surface area contributed by atoms with Crippen LogP contribution in [-0.4, -0.2) is 18.9 Å². The van der Waals surface area contributed by atoms with Crippen LogP contribution in [0.5, 0.6) is 5.75 Å². The van der Waals surface area contributed by atoms with Gasteiger partial charge in [-0.2, -0.15) is 26.3 Å². The molecule has 1 aromatic heterocycles. The lowest BCUT2D eigenvalue weighted by molar-refractivity contribution is -0.140. The number of carbonyl (C=O) groups is 2. The second kappa shape index (κ2) is 12.8. The number of amides is 2. The van der Waals surface area contributed by atoms with E-state index in [1.165, 1.54) is 7.11 Å². The van der Waals surface area contributed by atoms with E-state index in [4.69, 9.17) is 4.74 Å². The van der Waals surface area contributed by atoms with E-state index in [1.54, 1.807) is 12.1 Å². The van der Waals surface area contributed by atoms with Gasteiger partial charge in [-0.3, -0.25) is 9.59 Å². The molecule has 0 saturated heterocycles. The Morgan fingerprint density at radius 3 is 2.23 bits per heavy atom. The summed E-state index contributed by atoms with van der Waals surface area (Å²) in [5.74, 6) is -2.92. The zero-order valence-electron chi connectivity index (χ0n) is 23.7. The maximum atomic E-state index is 13.8. The maximum Gasteiger partial charge on any atom is 0.419 e. The minimum Gasteiger partial charge on any atom is -0.496 e. The average Bonchev–Trinajstić information content (AvgIpc) is 3.33. The molecular weight excluding hydrogens is 613 g/mol. The number of anilines is 2. The van der Waals surface area contributed by atoms with Crippen molar-refractivity contribution in [3.8, 4) is 5.75 Å². The fraction of sp³-hybridized carbons (Fsp3) is 0.290. The molecule has 0 aliphatic rings. The van der Waals surface area contributed by atoms with Gasteiger partial charge in [-0.05, 0) is 66.8 Å². The zero-order valence-corrected chi connectivity index (χ0v) is 24.5. The predicted octanol–water partition coefficient (Wildman–Crippen LogP) is 9.88. The molecule has 1 unspecified atom stereocenters. The summed E-state index contributed by atoms with van der Waals surface area (Å²) in [6.07, 6.45) is -7.17. The quantitative estimate of drug-likeness (QED) is 0.179. The van der Waals surface area contributed by atoms with Crippen molar-refractivity contribution in [2.24, 2.45) is 0 Å². The summed E-state index contributed by atoms with van der Waals surface area (Å²) in [7, 11) is 1.37. The molecule has 1 atom stereocenters. The number of hydrogen-bond acceptors (Lipinski definition) is 4. The molecule has 2 amide bonds. The second-order valence-electron chi connectivity index (χ2n) is 9.97. The third kappa shape index (κ3) is 6.98. The lowest BCUT2D eigenvalue weighted by atomic mass is 9.90. The van der Waals surface area contributed by atoms with E-state index >= 15 is 0 Å². The molecule has 5 nitrogen and oxygen atoms in total. The normalized spacial score (nSPS) is 12.7. The van der Waals surface area contributed by atoms with E-state index in [0.717, 1.165) is 49.1 Å². The number of methoxy groups -OCH3 is 1. The van der Waals surface area contributed by atoms with Gasteiger partial charge >= 0.3 is 12.4 Å². The Bertz CT molecular complexity index is 1700. The van der Waals surface area contributed by atoms with Gasteiger partial charge in [-0.15, -0.1) is 11.3 Å². The van der Waals surface area contributed by atoms with Gasteiger partial charge in [-0.25, -0.2) is 4.39 Å². The van der Waals surface area contributed by atoms with Gasteiger partial charge in [0.25, 0.3) is 11.8 Å². The highest BCUT2D eigenvalue weighted by Crippen LogP contribution is 2.41. The fourth-order valence-corrected chi connectivity index (χ4v) is 5.95. The topological polar surface area (TPSA) is 67.4 Å². The van der Waals surface area contributed by atoms with Crippen LogP contribution in [0.4, 0.5) is 42.1 Å². The number of benzene rings is 3. The number of alkyl halides is 6. The van der Waals surface area contributed by atoms with Gasteiger partial charge in [0, 0.05) is 15.8 Å². The van der Waals surface area contributed by atoms with E-state index in [1.807, 2.05) is 19.9 Å². The first-order valence-corrected chi connectivity index (χ1v) is 14.3. The Morgan fingerprint density at radius 1 is 0.886 bits per heavy atom. The Balaban J connectivity index is 1.79. The minimum absolute atomic E-state index is 0.00919. The van der Waals surface area contributed by atoms with Crippen LogP contribution in [0.2, 0.25) is 0 Å². The Kier molecular flexibility index (Phi) is 9.57. The molecule has 0 bridgehead atoms. The number of ether oxygens (including phenoxy) is 1. The third-order valence-corrected chi connectivity index (χ3v) is 8.21. The van der Waals surface area contributed by atoms with Gasteiger partial charge in [0.2, 0.25) is 0 Å². The van der Waals surface area contributed by atoms with Crippen molar-refractivity contribution in [3.05, 3.63) is 87.5 Å². The van der Waals surface area contributed by atoms with Crippen molar-refractivity contribution in [3.63, 3.8) is 0 Å². The summed E-state index contributed by atoms with van der Waals surface area (Å²) in [6, 6.07) is 9.67. The van der Waals surface area contributed by atoms with Gasteiger partial charge in [0.05, 0.1) is 29.5 Å². The molecule has 0 radical (unpaired) electrons. The minimum atomic E-state index is -5.04. The summed E-state index contributed by atoms with van der Waals surface area (Å²) in [5.41, 5.74) is -2.18. The lowest BCUT2D eigenvalue weighted by Gasteiger charge is -2.17. The molecule has 0 aliphatic heterocycles. The molecule has 0 fully saturated rings. The number of thiophene rings is 1. The molecule has 234 valence electrons. The van der Waals surface area contributed by atoms with Crippen LogP contribution in [0.25, 0.3) is 10.1 Å². The zero-order chi connectivity index (χ0) is 32.4. The molecule has 0 aliphatic carbocycles. The largest absolute Gasteiger partial charge is 0.496 e. The average molecular weight is 641 g/mol. The van der Waals surface area contributed by atoms with Crippen molar-refractivity contribution in [2.75, 3.05) is 17.7 Å². The number of nitrogens with one attached hydrogen (secondary N) is 2. The van der Waals surface area contributed by atoms with Crippen LogP contribution in [0.1, 0.15) is 75.7 Å². The number of halogens is 7. The first kappa shape index (κ1) is 32.8. The van der Waals surface area contributed by atoms with Crippen LogP contribution in [0.15, 0.2) is 54.6 Å². The summed E-state index contributed by atoms with van der Waals surface area (Å²) >= 11 is 0.606. The van der Waals surface area contributed by atoms with Crippen LogP contribution < -0.4 is 15.4 Å². The molecule has 44 heavy (non-hydrogen) atoms. The Labute approximate surface area is 252 Å². The summed E-state index contributed by atoms with van der Waals surface area (Å²) in [4.78, 5) is 26.7. The summed E-state index contributed by atoms with van der Waals surface area (Å²) in [5, 5.41) is 4.95. The first-order chi connectivity index (χ1) is 20.7. The van der Waals surface area contributed by atoms with E-state index in [0.29, 0.717) is 23.5 Å². The molecule has 13 heteroatoms. The van der Waals surface area contributed by atoms with Crippen molar-refractivity contribution in [2.45, 2.75) is 51.4 Å². The predicted molar refractivity (Wildman–Crippen MR) is 155 cm³/mol. The third-order valence-electron chi connectivity index (χ3n) is 7.06. The highest BCUT2D eigenvalue weighted by atomic mass is 32.1. The maximum absolute atomic E-state index is 13.8. The second-order valence-corrected chi connectivity index (χ2v) is 11.0. The SMILES string of the molecule is CCCC(CC)c1ccc(OC)c(C(=O)Nc2c(C(=O)Nc3ccc(F)c(C(F)(F)F)c3)sc3cc(C(F)(F)F)ccc23)c1. The number of hydrogen-bond donors (Lipinski definition) is 2. The monoisotopic (exact) mass is 640 g/mol. The number of fused-ring (bicyclic) bond motifs is 1. The Hall–Kier alpha value is -4.13. The van der Waals surface area contributed by atoms with Crippen molar-refractivity contribution >= 4 is 44.6 Å². The molecule has 4 aromatic rings. The van der Waals surface area contributed by atoms with Crippen LogP contribution in [0, 0.1) is 5.82 Å². The highest BCUT2D eigenvalue weighted by molar-refractivity contribution is 7.21. The van der Waals surface area contributed by atoms with Gasteiger partial charge in [0.1, 0.15) is 16.4 Å². The molecule has 0 saturated carbocycles. The van der Waals surface area contributed by atoms with E-state index < -0.39 is 46.8 Å². The smallest absolute Gasteiger partial charge is 0.419 e. The van der Waals surface area contributed by atoms with Gasteiger partial charge in [0.15, 0.2) is 0 Å². The van der Waals surface area contributed by atoms with Crippen LogP contribution >= 0.6 is 11.3 Å². The number of carbonyl (C=O) groups excluding carboxylic acids is 2.